The highest BCUT2D eigenvalue weighted by molar-refractivity contribution is 6.75. The summed E-state index contributed by atoms with van der Waals surface area (Å²) in [5.74, 6) is 0.0781. The van der Waals surface area contributed by atoms with Crippen molar-refractivity contribution in [3.8, 4) is 0 Å². The summed E-state index contributed by atoms with van der Waals surface area (Å²) >= 11 is 0. The highest BCUT2D eigenvalue weighted by Gasteiger charge is 2.27. The summed E-state index contributed by atoms with van der Waals surface area (Å²) in [6, 6.07) is 0.466. The van der Waals surface area contributed by atoms with Crippen molar-refractivity contribution in [1.82, 2.24) is 9.55 Å². The van der Waals surface area contributed by atoms with Crippen molar-refractivity contribution >= 4 is 22.4 Å². The zero-order valence-electron chi connectivity index (χ0n) is 13.1. The Labute approximate surface area is 115 Å². The predicted molar refractivity (Wildman–Crippen MR) is 85.8 cm³/mol. The van der Waals surface area contributed by atoms with Crippen molar-refractivity contribution < 1.29 is 4.79 Å². The Kier molecular flexibility index (Phi) is 6.53. The summed E-state index contributed by atoms with van der Waals surface area (Å²) in [7, 11) is -2.84. The first-order chi connectivity index (χ1) is 7.97. The third-order valence-electron chi connectivity index (χ3n) is 2.72. The molecule has 0 fully saturated rings. The number of nitrogens with zero attached hydrogens (tertiary/aromatic N) is 1. The van der Waals surface area contributed by atoms with Gasteiger partial charge in [-0.05, 0) is 18.5 Å². The van der Waals surface area contributed by atoms with Crippen molar-refractivity contribution in [1.29, 1.82) is 0 Å². The molecule has 1 atom stereocenters. The SMILES string of the molecule is C=CC(=O)N(CCC(C)N[Si](C)(C)C)[Si](C)(C)C. The second-order valence-electron chi connectivity index (χ2n) is 6.95. The van der Waals surface area contributed by atoms with E-state index in [4.69, 9.17) is 0 Å². The van der Waals surface area contributed by atoms with Crippen LogP contribution in [0, 0.1) is 0 Å². The molecule has 0 rings (SSSR count). The average Bonchev–Trinajstić information content (AvgIpc) is 2.12. The third kappa shape index (κ3) is 7.13. The van der Waals surface area contributed by atoms with E-state index in [2.05, 4.69) is 57.8 Å². The van der Waals surface area contributed by atoms with Crippen LogP contribution in [0.15, 0.2) is 12.7 Å². The standard InChI is InChI=1S/C13H30N2OSi2/c1-9-13(16)15(18(6,7)8)11-10-12(2)14-17(3,4)5/h9,12,14H,1,10-11H2,2-8H3. The lowest BCUT2D eigenvalue weighted by atomic mass is 10.2. The Morgan fingerprint density at radius 3 is 2.11 bits per heavy atom. The maximum atomic E-state index is 11.9. The van der Waals surface area contributed by atoms with E-state index in [1.807, 2.05) is 4.57 Å². The van der Waals surface area contributed by atoms with Gasteiger partial charge in [0.15, 0.2) is 8.24 Å². The van der Waals surface area contributed by atoms with E-state index < -0.39 is 16.5 Å². The number of rotatable bonds is 7. The van der Waals surface area contributed by atoms with Crippen LogP contribution >= 0.6 is 0 Å². The minimum absolute atomic E-state index is 0.0781. The van der Waals surface area contributed by atoms with Crippen LogP contribution in [0.2, 0.25) is 39.3 Å². The monoisotopic (exact) mass is 286 g/mol. The van der Waals surface area contributed by atoms with E-state index in [1.165, 1.54) is 6.08 Å². The molecule has 0 aromatic carbocycles. The van der Waals surface area contributed by atoms with Gasteiger partial charge in [-0.25, -0.2) is 0 Å². The molecule has 0 aromatic heterocycles. The predicted octanol–water partition coefficient (Wildman–Crippen LogP) is 3.04. The van der Waals surface area contributed by atoms with Crippen LogP contribution in [0.4, 0.5) is 0 Å². The molecule has 0 bridgehead atoms. The van der Waals surface area contributed by atoms with Gasteiger partial charge < -0.3 is 9.55 Å². The van der Waals surface area contributed by atoms with Crippen LogP contribution in [0.1, 0.15) is 13.3 Å². The Morgan fingerprint density at radius 1 is 1.28 bits per heavy atom. The lowest BCUT2D eigenvalue weighted by Crippen LogP contribution is -2.52. The van der Waals surface area contributed by atoms with Gasteiger partial charge in [0.05, 0.1) is 0 Å². The molecule has 1 amide bonds. The second kappa shape index (κ2) is 6.68. The minimum Gasteiger partial charge on any atom is -0.366 e. The Morgan fingerprint density at radius 2 is 1.78 bits per heavy atom. The van der Waals surface area contributed by atoms with Crippen molar-refractivity contribution in [2.45, 2.75) is 58.7 Å². The lowest BCUT2D eigenvalue weighted by Gasteiger charge is -2.35. The number of nitrogens with one attached hydrogen (secondary N) is 1. The van der Waals surface area contributed by atoms with E-state index in [0.717, 1.165) is 13.0 Å². The van der Waals surface area contributed by atoms with Crippen molar-refractivity contribution in [2.75, 3.05) is 6.54 Å². The van der Waals surface area contributed by atoms with Crippen LogP contribution in [0.3, 0.4) is 0 Å². The van der Waals surface area contributed by atoms with E-state index in [9.17, 15) is 4.79 Å². The van der Waals surface area contributed by atoms with Crippen molar-refractivity contribution in [2.24, 2.45) is 0 Å². The smallest absolute Gasteiger partial charge is 0.238 e. The highest BCUT2D eigenvalue weighted by atomic mass is 28.3. The molecule has 1 N–H and O–H groups in total. The topological polar surface area (TPSA) is 32.3 Å². The molecule has 0 aliphatic rings. The molecule has 0 saturated carbocycles. The van der Waals surface area contributed by atoms with Gasteiger partial charge in [0.1, 0.15) is 8.24 Å². The van der Waals surface area contributed by atoms with Crippen molar-refractivity contribution in [3.63, 3.8) is 0 Å². The van der Waals surface area contributed by atoms with Gasteiger partial charge in [-0.1, -0.05) is 52.8 Å². The average molecular weight is 287 g/mol. The maximum absolute atomic E-state index is 11.9. The Bertz CT molecular complexity index is 292. The molecule has 3 nitrogen and oxygen atoms in total. The lowest BCUT2D eigenvalue weighted by molar-refractivity contribution is -0.122. The highest BCUT2D eigenvalue weighted by Crippen LogP contribution is 2.12. The normalized spacial score (nSPS) is 14.2. The molecule has 0 heterocycles. The quantitative estimate of drug-likeness (QED) is 0.576. The maximum Gasteiger partial charge on any atom is 0.238 e. The zero-order chi connectivity index (χ0) is 14.6. The fraction of sp³-hybridized carbons (Fsp3) is 0.769. The molecule has 1 unspecified atom stereocenters. The zero-order valence-corrected chi connectivity index (χ0v) is 15.1. The van der Waals surface area contributed by atoms with Crippen LogP contribution in [0.25, 0.3) is 0 Å². The van der Waals surface area contributed by atoms with Crippen molar-refractivity contribution in [3.05, 3.63) is 12.7 Å². The van der Waals surface area contributed by atoms with Crippen LogP contribution < -0.4 is 4.98 Å². The first kappa shape index (κ1) is 17.6. The number of amides is 1. The first-order valence-corrected chi connectivity index (χ1v) is 13.6. The van der Waals surface area contributed by atoms with E-state index >= 15 is 0 Å². The third-order valence-corrected chi connectivity index (χ3v) is 6.14. The summed E-state index contributed by atoms with van der Waals surface area (Å²) in [5.41, 5.74) is 0. The molecule has 5 heteroatoms. The first-order valence-electron chi connectivity index (χ1n) is 6.69. The van der Waals surface area contributed by atoms with Crippen LogP contribution in [0.5, 0.6) is 0 Å². The van der Waals surface area contributed by atoms with Gasteiger partial charge in [-0.15, -0.1) is 0 Å². The van der Waals surface area contributed by atoms with E-state index in [0.29, 0.717) is 6.04 Å². The Hall–Kier alpha value is -0.396. The molecule has 0 aromatic rings. The molecule has 0 saturated heterocycles. The molecule has 0 spiro atoms. The van der Waals surface area contributed by atoms with Gasteiger partial charge in [0.2, 0.25) is 5.91 Å². The van der Waals surface area contributed by atoms with Gasteiger partial charge in [-0.3, -0.25) is 4.79 Å². The fourth-order valence-corrected chi connectivity index (χ4v) is 5.20. The number of hydrogen-bond acceptors (Lipinski definition) is 2. The van der Waals surface area contributed by atoms with Gasteiger partial charge in [0, 0.05) is 6.54 Å². The summed E-state index contributed by atoms with van der Waals surface area (Å²) in [4.78, 5) is 15.6. The summed E-state index contributed by atoms with van der Waals surface area (Å²) in [5, 5.41) is 0. The van der Waals surface area contributed by atoms with Gasteiger partial charge >= 0.3 is 0 Å². The molecule has 0 aliphatic heterocycles. The molecular formula is C13H30N2OSi2. The Balaban J connectivity index is 4.46. The summed E-state index contributed by atoms with van der Waals surface area (Å²) in [6.07, 6.45) is 2.45. The summed E-state index contributed by atoms with van der Waals surface area (Å²) < 4.78 is 2.03. The van der Waals surface area contributed by atoms with Crippen LogP contribution in [-0.2, 0) is 4.79 Å². The van der Waals surface area contributed by atoms with Gasteiger partial charge in [0.25, 0.3) is 0 Å². The fourth-order valence-electron chi connectivity index (χ4n) is 2.02. The van der Waals surface area contributed by atoms with Crippen LogP contribution in [-0.4, -0.2) is 39.5 Å². The number of hydrogen-bond donors (Lipinski definition) is 1. The van der Waals surface area contributed by atoms with E-state index in [1.54, 1.807) is 0 Å². The summed E-state index contributed by atoms with van der Waals surface area (Å²) in [6.45, 7) is 20.1. The largest absolute Gasteiger partial charge is 0.366 e. The molecule has 106 valence electrons. The van der Waals surface area contributed by atoms with Gasteiger partial charge in [-0.2, -0.15) is 0 Å². The molecular weight excluding hydrogens is 256 g/mol. The number of carbonyl (C=O) groups excluding carboxylic acids is 1. The minimum atomic E-state index is -1.60. The number of carbonyl (C=O) groups is 1. The molecule has 0 aliphatic carbocycles. The second-order valence-corrected chi connectivity index (χ2v) is 16.6. The molecule has 0 radical (unpaired) electrons. The molecule has 18 heavy (non-hydrogen) atoms. The van der Waals surface area contributed by atoms with E-state index in [-0.39, 0.29) is 5.91 Å².